The first-order chi connectivity index (χ1) is 14.3. The van der Waals surface area contributed by atoms with Gasteiger partial charge in [0.1, 0.15) is 5.65 Å². The van der Waals surface area contributed by atoms with Crippen molar-refractivity contribution in [2.24, 2.45) is 0 Å². The van der Waals surface area contributed by atoms with Gasteiger partial charge >= 0.3 is 0 Å². The molecule has 1 fully saturated rings. The van der Waals surface area contributed by atoms with Crippen molar-refractivity contribution >= 4 is 22.7 Å². The highest BCUT2D eigenvalue weighted by Crippen LogP contribution is 2.19. The minimum absolute atomic E-state index is 0.0551. The Morgan fingerprint density at radius 2 is 2.07 bits per heavy atom. The highest BCUT2D eigenvalue weighted by molar-refractivity contribution is 5.75. The lowest BCUT2D eigenvalue weighted by Gasteiger charge is -2.14. The molecule has 1 unspecified atom stereocenters. The zero-order valence-corrected chi connectivity index (χ0v) is 15.7. The third-order valence-corrected chi connectivity index (χ3v) is 5.03. The maximum atomic E-state index is 12.5. The van der Waals surface area contributed by atoms with Crippen LogP contribution >= 0.6 is 0 Å². The Morgan fingerprint density at radius 1 is 1.17 bits per heavy atom. The van der Waals surface area contributed by atoms with Gasteiger partial charge in [-0.2, -0.15) is 10.1 Å². The number of fused-ring (bicyclic) bond motifs is 1. The number of hydrogen-bond donors (Lipinski definition) is 1. The van der Waals surface area contributed by atoms with Crippen LogP contribution in [-0.4, -0.2) is 37.0 Å². The molecule has 0 radical (unpaired) electrons. The summed E-state index contributed by atoms with van der Waals surface area (Å²) in [6, 6.07) is 13.0. The van der Waals surface area contributed by atoms with E-state index >= 15 is 0 Å². The van der Waals surface area contributed by atoms with E-state index in [4.69, 9.17) is 4.74 Å². The Balaban J connectivity index is 1.43. The standard InChI is InChI=1S/C21H20N6O2/c28-19-9-4-15-13-22-21(25-20(15)26(19)14-18-3-1-12-29-18)24-16-5-7-17(8-6-16)27-11-2-10-23-27/h2,4-11,13,18H,1,3,12,14H2,(H,22,24,25). The van der Waals surface area contributed by atoms with Crippen LogP contribution in [0.25, 0.3) is 16.7 Å². The summed E-state index contributed by atoms with van der Waals surface area (Å²) >= 11 is 0. The van der Waals surface area contributed by atoms with E-state index in [1.807, 2.05) is 36.5 Å². The van der Waals surface area contributed by atoms with Gasteiger partial charge in [0.15, 0.2) is 0 Å². The predicted octanol–water partition coefficient (Wildman–Crippen LogP) is 2.90. The van der Waals surface area contributed by atoms with Crippen molar-refractivity contribution in [3.8, 4) is 5.69 Å². The van der Waals surface area contributed by atoms with Gasteiger partial charge < -0.3 is 10.1 Å². The molecule has 0 saturated carbocycles. The quantitative estimate of drug-likeness (QED) is 0.566. The van der Waals surface area contributed by atoms with E-state index in [9.17, 15) is 4.79 Å². The Hall–Kier alpha value is -3.52. The van der Waals surface area contributed by atoms with Crippen molar-refractivity contribution in [3.05, 3.63) is 71.4 Å². The summed E-state index contributed by atoms with van der Waals surface area (Å²) in [7, 11) is 0. The molecule has 0 bridgehead atoms. The Bertz CT molecular complexity index is 1180. The minimum atomic E-state index is -0.0822. The van der Waals surface area contributed by atoms with Crippen LogP contribution in [0.15, 0.2) is 65.8 Å². The van der Waals surface area contributed by atoms with Crippen molar-refractivity contribution in [2.75, 3.05) is 11.9 Å². The number of aromatic nitrogens is 5. The van der Waals surface area contributed by atoms with Gasteiger partial charge in [0.25, 0.3) is 5.56 Å². The summed E-state index contributed by atoms with van der Waals surface area (Å²) in [5.74, 6) is 0.441. The molecule has 0 aliphatic carbocycles. The number of ether oxygens (including phenoxy) is 1. The second kappa shape index (κ2) is 7.48. The summed E-state index contributed by atoms with van der Waals surface area (Å²) < 4.78 is 9.17. The van der Waals surface area contributed by atoms with E-state index in [0.717, 1.165) is 36.2 Å². The summed E-state index contributed by atoms with van der Waals surface area (Å²) in [6.45, 7) is 1.26. The number of hydrogen-bond acceptors (Lipinski definition) is 6. The van der Waals surface area contributed by atoms with Crippen molar-refractivity contribution in [3.63, 3.8) is 0 Å². The summed E-state index contributed by atoms with van der Waals surface area (Å²) in [4.78, 5) is 21.5. The molecule has 0 spiro atoms. The molecule has 29 heavy (non-hydrogen) atoms. The number of pyridine rings is 1. The Morgan fingerprint density at radius 3 is 2.83 bits per heavy atom. The van der Waals surface area contributed by atoms with Crippen LogP contribution in [-0.2, 0) is 11.3 Å². The third kappa shape index (κ3) is 3.62. The van der Waals surface area contributed by atoms with Crippen molar-refractivity contribution in [1.82, 2.24) is 24.3 Å². The van der Waals surface area contributed by atoms with Crippen LogP contribution in [0.2, 0.25) is 0 Å². The number of benzene rings is 1. The zero-order valence-electron chi connectivity index (χ0n) is 15.7. The van der Waals surface area contributed by atoms with E-state index in [1.165, 1.54) is 0 Å². The molecule has 3 aromatic heterocycles. The normalized spacial score (nSPS) is 16.3. The maximum absolute atomic E-state index is 12.5. The van der Waals surface area contributed by atoms with E-state index in [1.54, 1.807) is 33.8 Å². The first-order valence-electron chi connectivity index (χ1n) is 9.61. The number of nitrogens with zero attached hydrogens (tertiary/aromatic N) is 5. The molecular weight excluding hydrogens is 368 g/mol. The molecule has 8 heteroatoms. The molecule has 1 aliphatic heterocycles. The SMILES string of the molecule is O=c1ccc2cnc(Nc3ccc(-n4cccn4)cc3)nc2n1CC1CCCO1. The van der Waals surface area contributed by atoms with Gasteiger partial charge in [-0.15, -0.1) is 0 Å². The molecule has 5 rings (SSSR count). The lowest BCUT2D eigenvalue weighted by molar-refractivity contribution is 0.0971. The predicted molar refractivity (Wildman–Crippen MR) is 110 cm³/mol. The zero-order chi connectivity index (χ0) is 19.6. The molecule has 1 N–H and O–H groups in total. The average Bonchev–Trinajstić information content (AvgIpc) is 3.45. The van der Waals surface area contributed by atoms with Crippen LogP contribution < -0.4 is 10.9 Å². The first kappa shape index (κ1) is 17.6. The molecule has 4 heterocycles. The fourth-order valence-electron chi connectivity index (χ4n) is 3.55. The van der Waals surface area contributed by atoms with Gasteiger partial charge in [-0.1, -0.05) is 0 Å². The van der Waals surface area contributed by atoms with Crippen LogP contribution in [0, 0.1) is 0 Å². The second-order valence-electron chi connectivity index (χ2n) is 7.01. The molecule has 1 atom stereocenters. The molecule has 1 aliphatic rings. The van der Waals surface area contributed by atoms with Gasteiger partial charge in [0.2, 0.25) is 5.95 Å². The largest absolute Gasteiger partial charge is 0.376 e. The third-order valence-electron chi connectivity index (χ3n) is 5.03. The smallest absolute Gasteiger partial charge is 0.252 e. The van der Waals surface area contributed by atoms with Crippen molar-refractivity contribution in [1.29, 1.82) is 0 Å². The maximum Gasteiger partial charge on any atom is 0.252 e. The molecule has 8 nitrogen and oxygen atoms in total. The highest BCUT2D eigenvalue weighted by Gasteiger charge is 2.18. The summed E-state index contributed by atoms with van der Waals surface area (Å²) in [5.41, 5.74) is 2.34. The lowest BCUT2D eigenvalue weighted by atomic mass is 10.2. The number of rotatable bonds is 5. The fraction of sp³-hybridized carbons (Fsp3) is 0.238. The molecular formula is C21H20N6O2. The van der Waals surface area contributed by atoms with Gasteiger partial charge in [-0.05, 0) is 49.2 Å². The van der Waals surface area contributed by atoms with Gasteiger partial charge in [-0.25, -0.2) is 9.67 Å². The van der Waals surface area contributed by atoms with Crippen LogP contribution in [0.1, 0.15) is 12.8 Å². The van der Waals surface area contributed by atoms with Crippen LogP contribution in [0.4, 0.5) is 11.6 Å². The number of anilines is 2. The van der Waals surface area contributed by atoms with E-state index in [-0.39, 0.29) is 11.7 Å². The van der Waals surface area contributed by atoms with Crippen LogP contribution in [0.3, 0.4) is 0 Å². The van der Waals surface area contributed by atoms with Gasteiger partial charge in [0, 0.05) is 42.3 Å². The molecule has 1 aromatic carbocycles. The van der Waals surface area contributed by atoms with E-state index in [2.05, 4.69) is 20.4 Å². The van der Waals surface area contributed by atoms with Gasteiger partial charge in [0.05, 0.1) is 18.3 Å². The fourth-order valence-corrected chi connectivity index (χ4v) is 3.55. The number of nitrogens with one attached hydrogen (secondary N) is 1. The average molecular weight is 388 g/mol. The molecule has 1 saturated heterocycles. The van der Waals surface area contributed by atoms with E-state index in [0.29, 0.717) is 18.1 Å². The molecule has 0 amide bonds. The van der Waals surface area contributed by atoms with E-state index < -0.39 is 0 Å². The van der Waals surface area contributed by atoms with Crippen LogP contribution in [0.5, 0.6) is 0 Å². The molecule has 4 aromatic rings. The Labute approximate surface area is 166 Å². The van der Waals surface area contributed by atoms with Crippen molar-refractivity contribution in [2.45, 2.75) is 25.5 Å². The molecule has 146 valence electrons. The second-order valence-corrected chi connectivity index (χ2v) is 7.01. The topological polar surface area (TPSA) is 86.9 Å². The highest BCUT2D eigenvalue weighted by atomic mass is 16.5. The summed E-state index contributed by atoms with van der Waals surface area (Å²) in [6.07, 6.45) is 7.41. The first-order valence-corrected chi connectivity index (χ1v) is 9.61. The minimum Gasteiger partial charge on any atom is -0.376 e. The van der Waals surface area contributed by atoms with Gasteiger partial charge in [-0.3, -0.25) is 9.36 Å². The Kier molecular flexibility index (Phi) is 4.53. The van der Waals surface area contributed by atoms with Crippen molar-refractivity contribution < 1.29 is 4.74 Å². The lowest BCUT2D eigenvalue weighted by Crippen LogP contribution is -2.26. The monoisotopic (exact) mass is 388 g/mol. The summed E-state index contributed by atoms with van der Waals surface area (Å²) in [5, 5.41) is 8.26.